The van der Waals surface area contributed by atoms with E-state index in [1.165, 1.54) is 4.90 Å². The number of likely N-dealkylation sites (N-methyl/N-ethyl adjacent to an activating group) is 1. The molecule has 0 radical (unpaired) electrons. The zero-order chi connectivity index (χ0) is 20.6. The molecule has 6 nitrogen and oxygen atoms in total. The molecule has 0 N–H and O–H groups in total. The van der Waals surface area contributed by atoms with E-state index in [0.29, 0.717) is 18.8 Å². The molecule has 2 aromatic carbocycles. The summed E-state index contributed by atoms with van der Waals surface area (Å²) in [5.41, 5.74) is 2.06. The van der Waals surface area contributed by atoms with Crippen LogP contribution in [0.3, 0.4) is 0 Å². The van der Waals surface area contributed by atoms with Crippen molar-refractivity contribution in [2.75, 3.05) is 20.1 Å². The molecule has 1 saturated heterocycles. The second-order valence-corrected chi connectivity index (χ2v) is 7.28. The Balaban J connectivity index is 1.52. The van der Waals surface area contributed by atoms with E-state index in [-0.39, 0.29) is 18.7 Å². The van der Waals surface area contributed by atoms with Gasteiger partial charge in [-0.1, -0.05) is 49.4 Å². The Hall–Kier alpha value is -3.02. The fourth-order valence-corrected chi connectivity index (χ4v) is 3.47. The molecule has 1 atom stereocenters. The highest BCUT2D eigenvalue weighted by Crippen LogP contribution is 2.21. The average molecular weight is 396 g/mol. The lowest BCUT2D eigenvalue weighted by Crippen LogP contribution is -2.44. The number of carbonyl (C=O) groups is 2. The second kappa shape index (κ2) is 9.96. The van der Waals surface area contributed by atoms with E-state index in [2.05, 4.69) is 6.92 Å². The van der Waals surface area contributed by atoms with Crippen molar-refractivity contribution >= 4 is 12.2 Å². The van der Waals surface area contributed by atoms with E-state index in [0.717, 1.165) is 30.4 Å². The van der Waals surface area contributed by atoms with Crippen molar-refractivity contribution in [3.05, 3.63) is 65.7 Å². The maximum absolute atomic E-state index is 12.5. The summed E-state index contributed by atoms with van der Waals surface area (Å²) in [4.78, 5) is 28.2. The van der Waals surface area contributed by atoms with Crippen LogP contribution in [-0.4, -0.2) is 48.2 Å². The fourth-order valence-electron chi connectivity index (χ4n) is 3.47. The Morgan fingerprint density at radius 3 is 2.62 bits per heavy atom. The van der Waals surface area contributed by atoms with Gasteiger partial charge in [-0.2, -0.15) is 0 Å². The minimum Gasteiger partial charge on any atom is -0.445 e. The van der Waals surface area contributed by atoms with Gasteiger partial charge in [0.1, 0.15) is 12.4 Å². The topological polar surface area (TPSA) is 59.1 Å². The number of rotatable bonds is 6. The van der Waals surface area contributed by atoms with Crippen LogP contribution in [0.1, 0.15) is 30.9 Å². The first-order valence-electron chi connectivity index (χ1n) is 10.1. The zero-order valence-electron chi connectivity index (χ0n) is 17.0. The number of carbonyl (C=O) groups excluding carboxylic acids is 2. The molecule has 1 fully saturated rings. The van der Waals surface area contributed by atoms with Crippen molar-refractivity contribution in [2.45, 2.75) is 38.8 Å². The third-order valence-electron chi connectivity index (χ3n) is 5.12. The van der Waals surface area contributed by atoms with E-state index < -0.39 is 6.09 Å². The molecule has 6 heteroatoms. The van der Waals surface area contributed by atoms with E-state index in [9.17, 15) is 9.59 Å². The molecular formula is C23H28N2O4. The highest BCUT2D eigenvalue weighted by Gasteiger charge is 2.32. The molecule has 2 amide bonds. The minimum absolute atomic E-state index is 0.0715. The summed E-state index contributed by atoms with van der Waals surface area (Å²) in [6.07, 6.45) is 1.84. The van der Waals surface area contributed by atoms with Crippen LogP contribution < -0.4 is 4.74 Å². The largest absolute Gasteiger partial charge is 0.445 e. The lowest BCUT2D eigenvalue weighted by Gasteiger charge is -2.27. The maximum atomic E-state index is 12.5. The van der Waals surface area contributed by atoms with Crippen LogP contribution >= 0.6 is 0 Å². The number of likely N-dealkylation sites (tertiary alicyclic amines) is 1. The monoisotopic (exact) mass is 396 g/mol. The van der Waals surface area contributed by atoms with E-state index in [1.807, 2.05) is 48.5 Å². The Morgan fingerprint density at radius 1 is 1.10 bits per heavy atom. The molecule has 154 valence electrons. The molecule has 1 heterocycles. The highest BCUT2D eigenvalue weighted by atomic mass is 16.6. The fraction of sp³-hybridized carbons (Fsp3) is 0.391. The molecule has 0 aliphatic carbocycles. The highest BCUT2D eigenvalue weighted by molar-refractivity contribution is 5.71. The van der Waals surface area contributed by atoms with Gasteiger partial charge in [0.05, 0.1) is 6.04 Å². The Kier molecular flexibility index (Phi) is 7.11. The third-order valence-corrected chi connectivity index (χ3v) is 5.12. The molecule has 0 bridgehead atoms. The van der Waals surface area contributed by atoms with Crippen molar-refractivity contribution < 1.29 is 19.1 Å². The SMILES string of the molecule is CCc1cccc(OC(=O)N(C)CC2CCCN2C(=O)OCc2ccccc2)c1. The molecule has 3 rings (SSSR count). The number of hydrogen-bond acceptors (Lipinski definition) is 4. The van der Waals surface area contributed by atoms with Crippen LogP contribution in [0.15, 0.2) is 54.6 Å². The van der Waals surface area contributed by atoms with Gasteiger partial charge in [0.2, 0.25) is 0 Å². The summed E-state index contributed by atoms with van der Waals surface area (Å²) in [6, 6.07) is 17.0. The maximum Gasteiger partial charge on any atom is 0.415 e. The molecule has 1 unspecified atom stereocenters. The van der Waals surface area contributed by atoms with Gasteiger partial charge in [-0.3, -0.25) is 0 Å². The number of aryl methyl sites for hydroxylation is 1. The molecule has 2 aromatic rings. The van der Waals surface area contributed by atoms with Crippen LogP contribution in [0.2, 0.25) is 0 Å². The molecule has 1 aliphatic heterocycles. The summed E-state index contributed by atoms with van der Waals surface area (Å²) >= 11 is 0. The quantitative estimate of drug-likeness (QED) is 0.722. The van der Waals surface area contributed by atoms with Gasteiger partial charge in [-0.05, 0) is 42.5 Å². The van der Waals surface area contributed by atoms with Crippen LogP contribution in [-0.2, 0) is 17.8 Å². The van der Waals surface area contributed by atoms with Gasteiger partial charge in [0.25, 0.3) is 0 Å². The van der Waals surface area contributed by atoms with Gasteiger partial charge in [0, 0.05) is 20.1 Å². The Labute approximate surface area is 172 Å². The molecule has 1 aliphatic rings. The van der Waals surface area contributed by atoms with Gasteiger partial charge in [-0.15, -0.1) is 0 Å². The van der Waals surface area contributed by atoms with Crippen LogP contribution in [0, 0.1) is 0 Å². The molecule has 0 saturated carbocycles. The van der Waals surface area contributed by atoms with Gasteiger partial charge >= 0.3 is 12.2 Å². The van der Waals surface area contributed by atoms with Crippen LogP contribution in [0.25, 0.3) is 0 Å². The van der Waals surface area contributed by atoms with Crippen molar-refractivity contribution in [3.8, 4) is 5.75 Å². The zero-order valence-corrected chi connectivity index (χ0v) is 17.0. The Morgan fingerprint density at radius 2 is 1.86 bits per heavy atom. The van der Waals surface area contributed by atoms with Crippen LogP contribution in [0.5, 0.6) is 5.75 Å². The van der Waals surface area contributed by atoms with Crippen molar-refractivity contribution in [1.82, 2.24) is 9.80 Å². The van der Waals surface area contributed by atoms with Gasteiger partial charge in [0.15, 0.2) is 0 Å². The summed E-state index contributed by atoms with van der Waals surface area (Å²) in [6.45, 7) is 3.35. The lowest BCUT2D eigenvalue weighted by molar-refractivity contribution is 0.0850. The number of hydrogen-bond donors (Lipinski definition) is 0. The predicted molar refractivity (Wildman–Crippen MR) is 111 cm³/mol. The van der Waals surface area contributed by atoms with Gasteiger partial charge in [-0.25, -0.2) is 9.59 Å². The van der Waals surface area contributed by atoms with Gasteiger partial charge < -0.3 is 19.3 Å². The summed E-state index contributed by atoms with van der Waals surface area (Å²) in [7, 11) is 1.69. The molecule has 0 spiro atoms. The summed E-state index contributed by atoms with van der Waals surface area (Å²) in [5, 5.41) is 0. The first-order valence-corrected chi connectivity index (χ1v) is 10.1. The number of amides is 2. The predicted octanol–water partition coefficient (Wildman–Crippen LogP) is 4.48. The summed E-state index contributed by atoms with van der Waals surface area (Å²) in [5.74, 6) is 0.534. The normalized spacial score (nSPS) is 15.8. The van der Waals surface area contributed by atoms with Crippen molar-refractivity contribution in [3.63, 3.8) is 0 Å². The average Bonchev–Trinajstić information content (AvgIpc) is 3.21. The Bertz CT molecular complexity index is 825. The van der Waals surface area contributed by atoms with E-state index in [4.69, 9.17) is 9.47 Å². The smallest absolute Gasteiger partial charge is 0.415 e. The standard InChI is InChI=1S/C23H28N2O4/c1-3-18-11-7-13-21(15-18)29-22(26)24(2)16-20-12-8-14-25(20)23(27)28-17-19-9-5-4-6-10-19/h4-7,9-11,13,15,20H,3,8,12,14,16-17H2,1-2H3. The first kappa shape index (κ1) is 20.7. The van der Waals surface area contributed by atoms with Crippen LogP contribution in [0.4, 0.5) is 9.59 Å². The molecule has 29 heavy (non-hydrogen) atoms. The summed E-state index contributed by atoms with van der Waals surface area (Å²) < 4.78 is 10.9. The first-order chi connectivity index (χ1) is 14.1. The van der Waals surface area contributed by atoms with Crippen molar-refractivity contribution in [2.24, 2.45) is 0 Å². The van der Waals surface area contributed by atoms with E-state index >= 15 is 0 Å². The number of nitrogens with zero attached hydrogens (tertiary/aromatic N) is 2. The second-order valence-electron chi connectivity index (χ2n) is 7.28. The molecule has 0 aromatic heterocycles. The lowest BCUT2D eigenvalue weighted by atomic mass is 10.2. The number of benzene rings is 2. The third kappa shape index (κ3) is 5.73. The van der Waals surface area contributed by atoms with Crippen molar-refractivity contribution in [1.29, 1.82) is 0 Å². The van der Waals surface area contributed by atoms with E-state index in [1.54, 1.807) is 18.0 Å². The minimum atomic E-state index is -0.428. The number of ether oxygens (including phenoxy) is 2. The molecular weight excluding hydrogens is 368 g/mol.